The monoisotopic (exact) mass is 335 g/mol. The molecule has 3 aromatic rings. The first-order valence-electron chi connectivity index (χ1n) is 8.01. The van der Waals surface area contributed by atoms with E-state index in [-0.39, 0.29) is 5.91 Å². The van der Waals surface area contributed by atoms with E-state index < -0.39 is 0 Å². The first kappa shape index (κ1) is 15.3. The molecule has 1 amide bonds. The van der Waals surface area contributed by atoms with Gasteiger partial charge in [0.15, 0.2) is 17.2 Å². The molecule has 1 N–H and O–H groups in total. The molecule has 126 valence electrons. The van der Waals surface area contributed by atoms with E-state index in [0.717, 1.165) is 11.3 Å². The second-order valence-electron chi connectivity index (χ2n) is 5.72. The molecule has 4 rings (SSSR count). The van der Waals surface area contributed by atoms with Crippen LogP contribution in [0.3, 0.4) is 0 Å². The number of amides is 1. The van der Waals surface area contributed by atoms with Crippen molar-refractivity contribution >= 4 is 11.6 Å². The molecule has 0 spiro atoms. The molecule has 1 aliphatic rings. The van der Waals surface area contributed by atoms with Gasteiger partial charge in [0.25, 0.3) is 5.91 Å². The molecule has 0 unspecified atom stereocenters. The summed E-state index contributed by atoms with van der Waals surface area (Å²) in [4.78, 5) is 12.5. The fourth-order valence-electron chi connectivity index (χ4n) is 2.77. The molecule has 0 atom stereocenters. The van der Waals surface area contributed by atoms with Gasteiger partial charge in [0.1, 0.15) is 13.2 Å². The Morgan fingerprint density at radius 1 is 1.04 bits per heavy atom. The van der Waals surface area contributed by atoms with Crippen LogP contribution in [0, 0.1) is 0 Å². The Bertz CT molecular complexity index is 919. The number of aromatic nitrogens is 2. The topological polar surface area (TPSA) is 65.4 Å². The highest BCUT2D eigenvalue weighted by Crippen LogP contribution is 2.32. The summed E-state index contributed by atoms with van der Waals surface area (Å²) in [7, 11) is 1.82. The van der Waals surface area contributed by atoms with Crippen LogP contribution in [-0.2, 0) is 7.05 Å². The SMILES string of the molecule is Cn1nc(C(=O)Nc2ccc3c(c2)OCCO3)cc1-c1ccccc1. The third kappa shape index (κ3) is 3.06. The fraction of sp³-hybridized carbons (Fsp3) is 0.158. The number of benzene rings is 2. The zero-order chi connectivity index (χ0) is 17.2. The maximum Gasteiger partial charge on any atom is 0.276 e. The standard InChI is InChI=1S/C19H17N3O3/c1-22-16(13-5-3-2-4-6-13)12-15(21-22)19(23)20-14-7-8-17-18(11-14)25-10-9-24-17/h2-8,11-12H,9-10H2,1H3,(H,20,23). The Labute approximate surface area is 145 Å². The zero-order valence-corrected chi connectivity index (χ0v) is 13.7. The molecule has 0 radical (unpaired) electrons. The van der Waals surface area contributed by atoms with Gasteiger partial charge in [-0.15, -0.1) is 0 Å². The van der Waals surface area contributed by atoms with Gasteiger partial charge in [0, 0.05) is 18.8 Å². The van der Waals surface area contributed by atoms with Crippen LogP contribution < -0.4 is 14.8 Å². The molecule has 6 nitrogen and oxygen atoms in total. The number of rotatable bonds is 3. The third-order valence-corrected chi connectivity index (χ3v) is 3.98. The second-order valence-corrected chi connectivity index (χ2v) is 5.72. The first-order valence-corrected chi connectivity index (χ1v) is 8.01. The van der Waals surface area contributed by atoms with Crippen LogP contribution in [0.1, 0.15) is 10.5 Å². The van der Waals surface area contributed by atoms with E-state index in [4.69, 9.17) is 9.47 Å². The molecule has 0 saturated carbocycles. The maximum absolute atomic E-state index is 12.5. The minimum atomic E-state index is -0.269. The Morgan fingerprint density at radius 2 is 1.80 bits per heavy atom. The van der Waals surface area contributed by atoms with Gasteiger partial charge in [0.2, 0.25) is 0 Å². The molecular formula is C19H17N3O3. The van der Waals surface area contributed by atoms with Gasteiger partial charge < -0.3 is 14.8 Å². The molecule has 25 heavy (non-hydrogen) atoms. The van der Waals surface area contributed by atoms with Gasteiger partial charge >= 0.3 is 0 Å². The lowest BCUT2D eigenvalue weighted by Crippen LogP contribution is -2.16. The van der Waals surface area contributed by atoms with Crippen molar-refractivity contribution in [3.8, 4) is 22.8 Å². The number of anilines is 1. The number of aryl methyl sites for hydroxylation is 1. The van der Waals surface area contributed by atoms with Crippen LogP contribution in [0.2, 0.25) is 0 Å². The molecule has 0 aliphatic carbocycles. The summed E-state index contributed by atoms with van der Waals surface area (Å²) in [6.45, 7) is 1.04. The predicted molar refractivity (Wildman–Crippen MR) is 94.0 cm³/mol. The molecule has 0 bridgehead atoms. The number of nitrogens with one attached hydrogen (secondary N) is 1. The number of hydrogen-bond donors (Lipinski definition) is 1. The van der Waals surface area contributed by atoms with E-state index in [0.29, 0.717) is 36.1 Å². The van der Waals surface area contributed by atoms with Crippen molar-refractivity contribution in [3.05, 3.63) is 60.3 Å². The number of fused-ring (bicyclic) bond motifs is 1. The minimum absolute atomic E-state index is 0.269. The number of ether oxygens (including phenoxy) is 2. The Hall–Kier alpha value is -3.28. The second kappa shape index (κ2) is 6.32. The van der Waals surface area contributed by atoms with E-state index in [1.54, 1.807) is 28.9 Å². The molecule has 1 aromatic heterocycles. The van der Waals surface area contributed by atoms with Crippen molar-refractivity contribution in [3.63, 3.8) is 0 Å². The largest absolute Gasteiger partial charge is 0.486 e. The van der Waals surface area contributed by atoms with Gasteiger partial charge in [-0.2, -0.15) is 5.10 Å². The average molecular weight is 335 g/mol. The van der Waals surface area contributed by atoms with E-state index in [1.807, 2.05) is 37.4 Å². The van der Waals surface area contributed by atoms with Crippen LogP contribution in [0.5, 0.6) is 11.5 Å². The number of nitrogens with zero attached hydrogens (tertiary/aromatic N) is 2. The molecule has 2 heterocycles. The summed E-state index contributed by atoms with van der Waals surface area (Å²) in [5.41, 5.74) is 2.89. The van der Waals surface area contributed by atoms with E-state index in [9.17, 15) is 4.79 Å². The number of carbonyl (C=O) groups excluding carboxylic acids is 1. The summed E-state index contributed by atoms with van der Waals surface area (Å²) in [6, 6.07) is 16.9. The third-order valence-electron chi connectivity index (χ3n) is 3.98. The number of carbonyl (C=O) groups is 1. The van der Waals surface area contributed by atoms with Gasteiger partial charge in [-0.25, -0.2) is 0 Å². The van der Waals surface area contributed by atoms with E-state index in [1.165, 1.54) is 0 Å². The highest BCUT2D eigenvalue weighted by Gasteiger charge is 2.16. The van der Waals surface area contributed by atoms with Crippen LogP contribution in [-0.4, -0.2) is 28.9 Å². The maximum atomic E-state index is 12.5. The van der Waals surface area contributed by atoms with E-state index in [2.05, 4.69) is 10.4 Å². The molecule has 2 aromatic carbocycles. The fourth-order valence-corrected chi connectivity index (χ4v) is 2.77. The van der Waals surface area contributed by atoms with Crippen LogP contribution in [0.4, 0.5) is 5.69 Å². The van der Waals surface area contributed by atoms with Crippen molar-refractivity contribution in [2.24, 2.45) is 7.05 Å². The predicted octanol–water partition coefficient (Wildman–Crippen LogP) is 3.11. The molecular weight excluding hydrogens is 318 g/mol. The van der Waals surface area contributed by atoms with Crippen LogP contribution >= 0.6 is 0 Å². The lowest BCUT2D eigenvalue weighted by molar-refractivity contribution is 0.102. The highest BCUT2D eigenvalue weighted by atomic mass is 16.6. The summed E-state index contributed by atoms with van der Waals surface area (Å²) < 4.78 is 12.7. The quantitative estimate of drug-likeness (QED) is 0.799. The first-order chi connectivity index (χ1) is 12.2. The molecule has 0 saturated heterocycles. The van der Waals surface area contributed by atoms with Crippen molar-refractivity contribution in [1.82, 2.24) is 9.78 Å². The molecule has 0 fully saturated rings. The lowest BCUT2D eigenvalue weighted by atomic mass is 10.1. The summed E-state index contributed by atoms with van der Waals surface area (Å²) in [5.74, 6) is 1.05. The summed E-state index contributed by atoms with van der Waals surface area (Å²) >= 11 is 0. The normalized spacial score (nSPS) is 12.7. The van der Waals surface area contributed by atoms with Gasteiger partial charge in [-0.05, 0) is 23.8 Å². The lowest BCUT2D eigenvalue weighted by Gasteiger charge is -2.18. The number of hydrogen-bond acceptors (Lipinski definition) is 4. The summed E-state index contributed by atoms with van der Waals surface area (Å²) in [6.07, 6.45) is 0. The summed E-state index contributed by atoms with van der Waals surface area (Å²) in [5, 5.41) is 7.17. The smallest absolute Gasteiger partial charge is 0.276 e. The van der Waals surface area contributed by atoms with Gasteiger partial charge in [-0.1, -0.05) is 30.3 Å². The average Bonchev–Trinajstić information content (AvgIpc) is 3.04. The highest BCUT2D eigenvalue weighted by molar-refractivity contribution is 6.03. The van der Waals surface area contributed by atoms with E-state index >= 15 is 0 Å². The molecule has 6 heteroatoms. The van der Waals surface area contributed by atoms with Crippen LogP contribution in [0.25, 0.3) is 11.3 Å². The van der Waals surface area contributed by atoms with Crippen LogP contribution in [0.15, 0.2) is 54.6 Å². The van der Waals surface area contributed by atoms with Crippen molar-refractivity contribution in [2.75, 3.05) is 18.5 Å². The Kier molecular flexibility index (Phi) is 3.85. The Morgan fingerprint density at radius 3 is 2.60 bits per heavy atom. The van der Waals surface area contributed by atoms with Gasteiger partial charge in [-0.3, -0.25) is 9.48 Å². The zero-order valence-electron chi connectivity index (χ0n) is 13.7. The Balaban J connectivity index is 1.56. The van der Waals surface area contributed by atoms with Gasteiger partial charge in [0.05, 0.1) is 5.69 Å². The van der Waals surface area contributed by atoms with Crippen molar-refractivity contribution in [2.45, 2.75) is 0 Å². The van der Waals surface area contributed by atoms with Crippen molar-refractivity contribution < 1.29 is 14.3 Å². The minimum Gasteiger partial charge on any atom is -0.486 e. The molecule has 1 aliphatic heterocycles. The van der Waals surface area contributed by atoms with Crippen molar-refractivity contribution in [1.29, 1.82) is 0 Å².